The number of rotatable bonds is 7. The highest BCUT2D eigenvalue weighted by molar-refractivity contribution is 6.00. The average Bonchev–Trinajstić information content (AvgIpc) is 2.91. The van der Waals surface area contributed by atoms with Crippen LogP contribution in [0.2, 0.25) is 0 Å². The van der Waals surface area contributed by atoms with E-state index in [0.717, 1.165) is 11.3 Å². The van der Waals surface area contributed by atoms with Crippen LogP contribution >= 0.6 is 0 Å². The third kappa shape index (κ3) is 7.07. The van der Waals surface area contributed by atoms with E-state index in [0.29, 0.717) is 49.7 Å². The number of carbonyl (C=O) groups excluding carboxylic acids is 3. The first-order chi connectivity index (χ1) is 17.9. The minimum Gasteiger partial charge on any atom is -0.462 e. The number of benzene rings is 3. The Morgan fingerprint density at radius 2 is 1.38 bits per heavy atom. The second-order valence-electron chi connectivity index (χ2n) is 8.59. The Morgan fingerprint density at radius 1 is 0.811 bits per heavy atom. The molecule has 1 fully saturated rings. The molecule has 4 rings (SSSR count). The van der Waals surface area contributed by atoms with Crippen molar-refractivity contribution in [1.29, 1.82) is 0 Å². The van der Waals surface area contributed by atoms with Crippen molar-refractivity contribution in [2.24, 2.45) is 0 Å². The molecule has 3 amide bonds. The highest BCUT2D eigenvalue weighted by atomic mass is 19.1. The predicted octanol–water partition coefficient (Wildman–Crippen LogP) is 4.54. The summed E-state index contributed by atoms with van der Waals surface area (Å²) in [5, 5.41) is 5.52. The van der Waals surface area contributed by atoms with E-state index < -0.39 is 12.0 Å². The van der Waals surface area contributed by atoms with Crippen LogP contribution in [0.4, 0.5) is 26.2 Å². The van der Waals surface area contributed by atoms with Gasteiger partial charge in [0.15, 0.2) is 0 Å². The normalized spacial score (nSPS) is 13.1. The molecule has 0 radical (unpaired) electrons. The summed E-state index contributed by atoms with van der Waals surface area (Å²) in [6.07, 6.45) is 0.262. The standard InChI is InChI=1S/C28H29FN4O4/c1-2-37-27(35)21-5-9-23(10-6-21)30-28(36)31-24-11-13-25(14-12-24)32-15-17-33(18-16-32)26(34)19-20-3-7-22(29)8-4-20/h3-14H,2,15-19H2,1H3,(H2,30,31,36). The van der Waals surface area contributed by atoms with Gasteiger partial charge in [-0.2, -0.15) is 0 Å². The van der Waals surface area contributed by atoms with E-state index in [1.807, 2.05) is 29.2 Å². The Labute approximate surface area is 215 Å². The van der Waals surface area contributed by atoms with Gasteiger partial charge in [-0.15, -0.1) is 0 Å². The van der Waals surface area contributed by atoms with Gasteiger partial charge in [0, 0.05) is 43.2 Å². The first-order valence-corrected chi connectivity index (χ1v) is 12.1. The van der Waals surface area contributed by atoms with E-state index in [1.54, 1.807) is 43.3 Å². The van der Waals surface area contributed by atoms with Gasteiger partial charge in [0.2, 0.25) is 5.91 Å². The maximum atomic E-state index is 13.1. The van der Waals surface area contributed by atoms with E-state index in [-0.39, 0.29) is 18.1 Å². The third-order valence-corrected chi connectivity index (χ3v) is 6.05. The molecule has 0 aliphatic carbocycles. The molecular formula is C28H29FN4O4. The van der Waals surface area contributed by atoms with Crippen LogP contribution in [0.25, 0.3) is 0 Å². The fourth-order valence-electron chi connectivity index (χ4n) is 4.06. The molecule has 0 aromatic heterocycles. The molecule has 0 bridgehead atoms. The molecule has 0 unspecified atom stereocenters. The minimum absolute atomic E-state index is 0.0346. The molecule has 192 valence electrons. The fourth-order valence-corrected chi connectivity index (χ4v) is 4.06. The van der Waals surface area contributed by atoms with Crippen molar-refractivity contribution in [3.8, 4) is 0 Å². The second kappa shape index (κ2) is 12.0. The molecule has 3 aromatic rings. The Bertz CT molecular complexity index is 1220. The Hall–Kier alpha value is -4.40. The van der Waals surface area contributed by atoms with E-state index in [9.17, 15) is 18.8 Å². The van der Waals surface area contributed by atoms with Crippen molar-refractivity contribution >= 4 is 35.0 Å². The minimum atomic E-state index is -0.406. The molecular weight excluding hydrogens is 475 g/mol. The Kier molecular flexibility index (Phi) is 8.35. The van der Waals surface area contributed by atoms with Crippen molar-refractivity contribution < 1.29 is 23.5 Å². The number of hydrogen-bond donors (Lipinski definition) is 2. The summed E-state index contributed by atoms with van der Waals surface area (Å²) in [5.74, 6) is -0.683. The van der Waals surface area contributed by atoms with E-state index in [2.05, 4.69) is 15.5 Å². The van der Waals surface area contributed by atoms with Gasteiger partial charge in [-0.25, -0.2) is 14.0 Å². The van der Waals surface area contributed by atoms with Gasteiger partial charge < -0.3 is 25.2 Å². The molecule has 2 N–H and O–H groups in total. The molecule has 9 heteroatoms. The lowest BCUT2D eigenvalue weighted by molar-refractivity contribution is -0.130. The summed E-state index contributed by atoms with van der Waals surface area (Å²) in [6, 6.07) is 19.6. The van der Waals surface area contributed by atoms with Crippen LogP contribution in [0, 0.1) is 5.82 Å². The predicted molar refractivity (Wildman–Crippen MR) is 140 cm³/mol. The first-order valence-electron chi connectivity index (χ1n) is 12.1. The van der Waals surface area contributed by atoms with E-state index >= 15 is 0 Å². The SMILES string of the molecule is CCOC(=O)c1ccc(NC(=O)Nc2ccc(N3CCN(C(=O)Cc4ccc(F)cc4)CC3)cc2)cc1. The lowest BCUT2D eigenvalue weighted by atomic mass is 10.1. The highest BCUT2D eigenvalue weighted by Gasteiger charge is 2.21. The van der Waals surface area contributed by atoms with Crippen molar-refractivity contribution in [1.82, 2.24) is 4.90 Å². The summed E-state index contributed by atoms with van der Waals surface area (Å²) < 4.78 is 18.0. The van der Waals surface area contributed by atoms with Crippen molar-refractivity contribution in [2.75, 3.05) is 48.3 Å². The third-order valence-electron chi connectivity index (χ3n) is 6.05. The van der Waals surface area contributed by atoms with Crippen LogP contribution in [0.1, 0.15) is 22.8 Å². The average molecular weight is 505 g/mol. The van der Waals surface area contributed by atoms with Crippen LogP contribution in [-0.2, 0) is 16.0 Å². The largest absolute Gasteiger partial charge is 0.462 e. The van der Waals surface area contributed by atoms with Gasteiger partial charge in [0.05, 0.1) is 18.6 Å². The maximum absolute atomic E-state index is 13.1. The van der Waals surface area contributed by atoms with Crippen molar-refractivity contribution in [2.45, 2.75) is 13.3 Å². The number of esters is 1. The number of piperazine rings is 1. The van der Waals surface area contributed by atoms with Gasteiger partial charge in [-0.3, -0.25) is 4.79 Å². The van der Waals surface area contributed by atoms with Gasteiger partial charge in [0.25, 0.3) is 0 Å². The molecule has 1 saturated heterocycles. The molecule has 8 nitrogen and oxygen atoms in total. The summed E-state index contributed by atoms with van der Waals surface area (Å²) >= 11 is 0. The summed E-state index contributed by atoms with van der Waals surface area (Å²) in [6.45, 7) is 4.66. The van der Waals surface area contributed by atoms with Gasteiger partial charge >= 0.3 is 12.0 Å². The van der Waals surface area contributed by atoms with Gasteiger partial charge in [-0.05, 0) is 73.2 Å². The maximum Gasteiger partial charge on any atom is 0.338 e. The lowest BCUT2D eigenvalue weighted by Crippen LogP contribution is -2.49. The molecule has 3 aromatic carbocycles. The van der Waals surface area contributed by atoms with Crippen LogP contribution < -0.4 is 15.5 Å². The van der Waals surface area contributed by atoms with Crippen LogP contribution in [0.5, 0.6) is 0 Å². The fraction of sp³-hybridized carbons (Fsp3) is 0.250. The van der Waals surface area contributed by atoms with Crippen molar-refractivity contribution in [3.63, 3.8) is 0 Å². The van der Waals surface area contributed by atoms with Crippen LogP contribution in [-0.4, -0.2) is 55.6 Å². The molecule has 0 atom stereocenters. The smallest absolute Gasteiger partial charge is 0.338 e. The summed E-state index contributed by atoms with van der Waals surface area (Å²) in [4.78, 5) is 40.7. The molecule has 0 spiro atoms. The summed E-state index contributed by atoms with van der Waals surface area (Å²) in [7, 11) is 0. The van der Waals surface area contributed by atoms with E-state index in [4.69, 9.17) is 4.74 Å². The quantitative estimate of drug-likeness (QED) is 0.461. The number of nitrogens with zero attached hydrogens (tertiary/aromatic N) is 2. The molecule has 0 saturated carbocycles. The second-order valence-corrected chi connectivity index (χ2v) is 8.59. The lowest BCUT2D eigenvalue weighted by Gasteiger charge is -2.36. The topological polar surface area (TPSA) is 91.0 Å². The first kappa shape index (κ1) is 25.7. The van der Waals surface area contributed by atoms with Gasteiger partial charge in [0.1, 0.15) is 5.82 Å². The molecule has 1 aliphatic rings. The number of hydrogen-bond acceptors (Lipinski definition) is 5. The number of nitrogens with one attached hydrogen (secondary N) is 2. The van der Waals surface area contributed by atoms with Crippen molar-refractivity contribution in [3.05, 3.63) is 89.7 Å². The molecule has 1 aliphatic heterocycles. The number of carbonyl (C=O) groups is 3. The monoisotopic (exact) mass is 504 g/mol. The molecule has 1 heterocycles. The molecule has 37 heavy (non-hydrogen) atoms. The number of anilines is 3. The van der Waals surface area contributed by atoms with Crippen LogP contribution in [0.15, 0.2) is 72.8 Å². The zero-order valence-corrected chi connectivity index (χ0v) is 20.6. The van der Waals surface area contributed by atoms with E-state index in [1.165, 1.54) is 12.1 Å². The van der Waals surface area contributed by atoms with Gasteiger partial charge in [-0.1, -0.05) is 12.1 Å². The Morgan fingerprint density at radius 3 is 1.95 bits per heavy atom. The number of urea groups is 1. The zero-order valence-electron chi connectivity index (χ0n) is 20.6. The number of amides is 3. The summed E-state index contributed by atoms with van der Waals surface area (Å²) in [5.41, 5.74) is 3.41. The zero-order chi connectivity index (χ0) is 26.2. The highest BCUT2D eigenvalue weighted by Crippen LogP contribution is 2.20. The van der Waals surface area contributed by atoms with Crippen LogP contribution in [0.3, 0.4) is 0 Å². The number of ether oxygens (including phenoxy) is 1. The Balaban J connectivity index is 1.24. The number of halogens is 1.